The summed E-state index contributed by atoms with van der Waals surface area (Å²) in [7, 11) is 0. The Balaban J connectivity index is 2.19. The topological polar surface area (TPSA) is 21.3 Å². The summed E-state index contributed by atoms with van der Waals surface area (Å²) >= 11 is 0. The molecular formula is C15H25NO. The molecule has 0 heterocycles. The van der Waals surface area contributed by atoms with Gasteiger partial charge in [-0.3, -0.25) is 0 Å². The van der Waals surface area contributed by atoms with Crippen molar-refractivity contribution in [3.05, 3.63) is 29.8 Å². The third-order valence-electron chi connectivity index (χ3n) is 2.92. The van der Waals surface area contributed by atoms with Gasteiger partial charge in [-0.15, -0.1) is 0 Å². The van der Waals surface area contributed by atoms with Crippen LogP contribution < -0.4 is 10.1 Å². The van der Waals surface area contributed by atoms with Crippen LogP contribution in [0, 0.1) is 6.92 Å². The molecule has 0 fully saturated rings. The second kappa shape index (κ2) is 8.13. The molecule has 1 N–H and O–H groups in total. The molecule has 0 saturated heterocycles. The standard InChI is InChI=1S/C15H25NO/c1-4-7-14(5-2)16-10-11-17-15-9-6-8-13(3)12-15/h6,8-9,12,14,16H,4-5,7,10-11H2,1-3H3. The van der Waals surface area contributed by atoms with Crippen LogP contribution in [0.2, 0.25) is 0 Å². The van der Waals surface area contributed by atoms with Crippen LogP contribution in [-0.4, -0.2) is 19.2 Å². The molecule has 0 aliphatic rings. The van der Waals surface area contributed by atoms with E-state index in [0.29, 0.717) is 6.04 Å². The van der Waals surface area contributed by atoms with Crippen molar-refractivity contribution < 1.29 is 4.74 Å². The molecule has 0 spiro atoms. The molecule has 1 aromatic carbocycles. The van der Waals surface area contributed by atoms with Crippen molar-refractivity contribution >= 4 is 0 Å². The number of hydrogen-bond donors (Lipinski definition) is 1. The van der Waals surface area contributed by atoms with Crippen molar-refractivity contribution in [3.63, 3.8) is 0 Å². The van der Waals surface area contributed by atoms with E-state index in [1.165, 1.54) is 24.8 Å². The third kappa shape index (κ3) is 5.73. The quantitative estimate of drug-likeness (QED) is 0.696. The lowest BCUT2D eigenvalue weighted by molar-refractivity contribution is 0.300. The minimum absolute atomic E-state index is 0.640. The Kier molecular flexibility index (Phi) is 6.71. The van der Waals surface area contributed by atoms with Crippen LogP contribution in [0.5, 0.6) is 5.75 Å². The van der Waals surface area contributed by atoms with Gasteiger partial charge in [0, 0.05) is 12.6 Å². The molecule has 2 heteroatoms. The molecule has 96 valence electrons. The smallest absolute Gasteiger partial charge is 0.119 e. The molecule has 1 rings (SSSR count). The summed E-state index contributed by atoms with van der Waals surface area (Å²) in [6.07, 6.45) is 3.68. The zero-order valence-electron chi connectivity index (χ0n) is 11.3. The first-order valence-corrected chi connectivity index (χ1v) is 6.69. The van der Waals surface area contributed by atoms with Gasteiger partial charge in [-0.2, -0.15) is 0 Å². The largest absolute Gasteiger partial charge is 0.492 e. The highest BCUT2D eigenvalue weighted by Crippen LogP contribution is 2.11. The average molecular weight is 235 g/mol. The molecule has 0 aromatic heterocycles. The van der Waals surface area contributed by atoms with Gasteiger partial charge in [-0.1, -0.05) is 32.4 Å². The van der Waals surface area contributed by atoms with E-state index < -0.39 is 0 Å². The fourth-order valence-corrected chi connectivity index (χ4v) is 1.94. The van der Waals surface area contributed by atoms with Crippen LogP contribution in [0.4, 0.5) is 0 Å². The van der Waals surface area contributed by atoms with Gasteiger partial charge in [-0.05, 0) is 37.5 Å². The third-order valence-corrected chi connectivity index (χ3v) is 2.92. The molecule has 0 bridgehead atoms. The first kappa shape index (κ1) is 14.0. The maximum atomic E-state index is 5.70. The second-order valence-electron chi connectivity index (χ2n) is 4.51. The van der Waals surface area contributed by atoms with Gasteiger partial charge in [-0.25, -0.2) is 0 Å². The summed E-state index contributed by atoms with van der Waals surface area (Å²) in [5.74, 6) is 0.968. The van der Waals surface area contributed by atoms with Gasteiger partial charge >= 0.3 is 0 Å². The van der Waals surface area contributed by atoms with Crippen molar-refractivity contribution in [3.8, 4) is 5.75 Å². The Hall–Kier alpha value is -1.02. The fourth-order valence-electron chi connectivity index (χ4n) is 1.94. The molecule has 1 atom stereocenters. The van der Waals surface area contributed by atoms with Crippen LogP contribution >= 0.6 is 0 Å². The summed E-state index contributed by atoms with van der Waals surface area (Å²) in [6.45, 7) is 8.21. The number of benzene rings is 1. The number of rotatable bonds is 8. The van der Waals surface area contributed by atoms with Crippen molar-refractivity contribution in [1.82, 2.24) is 5.32 Å². The minimum Gasteiger partial charge on any atom is -0.492 e. The van der Waals surface area contributed by atoms with Crippen LogP contribution in [0.3, 0.4) is 0 Å². The zero-order valence-corrected chi connectivity index (χ0v) is 11.3. The van der Waals surface area contributed by atoms with E-state index in [-0.39, 0.29) is 0 Å². The van der Waals surface area contributed by atoms with Crippen LogP contribution in [0.1, 0.15) is 38.7 Å². The molecule has 1 aromatic rings. The molecule has 0 saturated carbocycles. The molecule has 0 amide bonds. The first-order chi connectivity index (χ1) is 8.26. The molecule has 1 unspecified atom stereocenters. The zero-order chi connectivity index (χ0) is 12.5. The lowest BCUT2D eigenvalue weighted by Crippen LogP contribution is -2.31. The van der Waals surface area contributed by atoms with Gasteiger partial charge < -0.3 is 10.1 Å². The molecule has 0 aliphatic heterocycles. The van der Waals surface area contributed by atoms with Crippen LogP contribution in [-0.2, 0) is 0 Å². The summed E-state index contributed by atoms with van der Waals surface area (Å²) in [4.78, 5) is 0. The van der Waals surface area contributed by atoms with E-state index >= 15 is 0 Å². The monoisotopic (exact) mass is 235 g/mol. The highest BCUT2D eigenvalue weighted by molar-refractivity contribution is 5.27. The maximum absolute atomic E-state index is 5.70. The fraction of sp³-hybridized carbons (Fsp3) is 0.600. The van der Waals surface area contributed by atoms with E-state index in [4.69, 9.17) is 4.74 Å². The van der Waals surface area contributed by atoms with Gasteiger partial charge in [0.1, 0.15) is 12.4 Å². The normalized spacial score (nSPS) is 12.4. The van der Waals surface area contributed by atoms with Crippen molar-refractivity contribution in [2.75, 3.05) is 13.2 Å². The number of ether oxygens (including phenoxy) is 1. The van der Waals surface area contributed by atoms with Gasteiger partial charge in [0.05, 0.1) is 0 Å². The second-order valence-corrected chi connectivity index (χ2v) is 4.51. The number of nitrogens with one attached hydrogen (secondary N) is 1. The van der Waals surface area contributed by atoms with E-state index in [2.05, 4.69) is 38.2 Å². The molecule has 0 aliphatic carbocycles. The Morgan fingerprint density at radius 3 is 2.76 bits per heavy atom. The van der Waals surface area contributed by atoms with Gasteiger partial charge in [0.15, 0.2) is 0 Å². The van der Waals surface area contributed by atoms with E-state index in [0.717, 1.165) is 18.9 Å². The van der Waals surface area contributed by atoms with Crippen LogP contribution in [0.15, 0.2) is 24.3 Å². The molecular weight excluding hydrogens is 210 g/mol. The minimum atomic E-state index is 0.640. The Morgan fingerprint density at radius 2 is 2.12 bits per heavy atom. The Bertz CT molecular complexity index is 312. The number of hydrogen-bond acceptors (Lipinski definition) is 2. The SMILES string of the molecule is CCCC(CC)NCCOc1cccc(C)c1. The Morgan fingerprint density at radius 1 is 1.29 bits per heavy atom. The van der Waals surface area contributed by atoms with E-state index in [9.17, 15) is 0 Å². The lowest BCUT2D eigenvalue weighted by Gasteiger charge is -2.16. The summed E-state index contributed by atoms with van der Waals surface area (Å²) in [6, 6.07) is 8.84. The van der Waals surface area contributed by atoms with Crippen molar-refractivity contribution in [2.24, 2.45) is 0 Å². The van der Waals surface area contributed by atoms with Crippen molar-refractivity contribution in [2.45, 2.75) is 46.1 Å². The first-order valence-electron chi connectivity index (χ1n) is 6.69. The summed E-state index contributed by atoms with van der Waals surface area (Å²) < 4.78 is 5.70. The highest BCUT2D eigenvalue weighted by atomic mass is 16.5. The maximum Gasteiger partial charge on any atom is 0.119 e. The predicted molar refractivity (Wildman–Crippen MR) is 73.7 cm³/mol. The average Bonchev–Trinajstić information content (AvgIpc) is 2.33. The molecule has 0 radical (unpaired) electrons. The summed E-state index contributed by atoms with van der Waals surface area (Å²) in [5.41, 5.74) is 1.24. The summed E-state index contributed by atoms with van der Waals surface area (Å²) in [5, 5.41) is 3.53. The Labute approximate surface area is 105 Å². The van der Waals surface area contributed by atoms with Crippen molar-refractivity contribution in [1.29, 1.82) is 0 Å². The van der Waals surface area contributed by atoms with Gasteiger partial charge in [0.2, 0.25) is 0 Å². The predicted octanol–water partition coefficient (Wildman–Crippen LogP) is 3.54. The van der Waals surface area contributed by atoms with E-state index in [1.54, 1.807) is 0 Å². The van der Waals surface area contributed by atoms with Crippen LogP contribution in [0.25, 0.3) is 0 Å². The molecule has 17 heavy (non-hydrogen) atoms. The van der Waals surface area contributed by atoms with Gasteiger partial charge in [0.25, 0.3) is 0 Å². The lowest BCUT2D eigenvalue weighted by atomic mass is 10.1. The molecule has 2 nitrogen and oxygen atoms in total. The van der Waals surface area contributed by atoms with E-state index in [1.807, 2.05) is 12.1 Å². The highest BCUT2D eigenvalue weighted by Gasteiger charge is 2.03. The number of aryl methyl sites for hydroxylation is 1.